The van der Waals surface area contributed by atoms with Crippen LogP contribution < -0.4 is 0 Å². The highest BCUT2D eigenvalue weighted by molar-refractivity contribution is 5.82. The molecule has 0 spiro atoms. The van der Waals surface area contributed by atoms with Crippen LogP contribution in [0.3, 0.4) is 0 Å². The molecule has 1 aliphatic rings. The zero-order valence-corrected chi connectivity index (χ0v) is 8.17. The van der Waals surface area contributed by atoms with Crippen molar-refractivity contribution >= 4 is 5.97 Å². The van der Waals surface area contributed by atoms with Crippen LogP contribution >= 0.6 is 0 Å². The first-order valence-corrected chi connectivity index (χ1v) is 4.30. The van der Waals surface area contributed by atoms with Crippen molar-refractivity contribution in [3.63, 3.8) is 0 Å². The molecule has 15 heavy (non-hydrogen) atoms. The van der Waals surface area contributed by atoms with Crippen LogP contribution in [0.4, 0.5) is 0 Å². The van der Waals surface area contributed by atoms with Crippen molar-refractivity contribution in [2.75, 3.05) is 7.11 Å². The third kappa shape index (κ3) is 2.43. The van der Waals surface area contributed by atoms with E-state index in [0.29, 0.717) is 5.57 Å². The summed E-state index contributed by atoms with van der Waals surface area (Å²) in [6.07, 6.45) is 2.26. The molecule has 0 heterocycles. The maximum atomic E-state index is 10.8. The number of methoxy groups -OCH3 is 1. The Labute approximate surface area is 86.9 Å². The van der Waals surface area contributed by atoms with Gasteiger partial charge in [0, 0.05) is 18.1 Å². The Morgan fingerprint density at radius 1 is 1.87 bits per heavy atom. The second-order valence-corrected chi connectivity index (χ2v) is 3.27. The molecule has 1 rings (SSSR count). The summed E-state index contributed by atoms with van der Waals surface area (Å²) in [5.74, 6) is -0.624. The number of aliphatic hydroxyl groups is 2. The summed E-state index contributed by atoms with van der Waals surface area (Å²) in [4.78, 5) is 10.8. The number of nitriles is 1. The standard InChI is InChI=1S/C10H11NO4/c1-15-9(13)2-3-10(14)5-7(6-11)4-8(10)12/h2-4,8,12,14H,5H2,1H3/b3-2+/t8-,10-/m1/s1. The molecule has 0 fully saturated rings. The van der Waals surface area contributed by atoms with Gasteiger partial charge in [0.25, 0.3) is 0 Å². The highest BCUT2D eigenvalue weighted by Gasteiger charge is 2.38. The van der Waals surface area contributed by atoms with E-state index in [0.717, 1.165) is 12.2 Å². The highest BCUT2D eigenvalue weighted by atomic mass is 16.5. The molecule has 0 saturated carbocycles. The fourth-order valence-electron chi connectivity index (χ4n) is 1.32. The van der Waals surface area contributed by atoms with Crippen molar-refractivity contribution in [3.8, 4) is 6.07 Å². The lowest BCUT2D eigenvalue weighted by Crippen LogP contribution is -2.35. The van der Waals surface area contributed by atoms with Crippen LogP contribution in [0.5, 0.6) is 0 Å². The lowest BCUT2D eigenvalue weighted by molar-refractivity contribution is -0.135. The average Bonchev–Trinajstić information content (AvgIpc) is 2.52. The monoisotopic (exact) mass is 209 g/mol. The first kappa shape index (κ1) is 11.4. The van der Waals surface area contributed by atoms with E-state index < -0.39 is 17.7 Å². The van der Waals surface area contributed by atoms with E-state index in [-0.39, 0.29) is 6.42 Å². The second-order valence-electron chi connectivity index (χ2n) is 3.27. The van der Waals surface area contributed by atoms with Crippen LogP contribution in [-0.2, 0) is 9.53 Å². The molecular weight excluding hydrogens is 198 g/mol. The minimum absolute atomic E-state index is 0.00182. The number of carbonyl (C=O) groups is 1. The molecule has 0 aliphatic heterocycles. The van der Waals surface area contributed by atoms with Crippen LogP contribution in [0.15, 0.2) is 23.8 Å². The zero-order valence-electron chi connectivity index (χ0n) is 8.17. The SMILES string of the molecule is COC(=O)/C=C/[C@@]1(O)CC(C#N)=C[C@H]1O. The van der Waals surface area contributed by atoms with Gasteiger partial charge in [-0.1, -0.05) is 0 Å². The Hall–Kier alpha value is -1.64. The number of ether oxygens (including phenoxy) is 1. The van der Waals surface area contributed by atoms with Crippen molar-refractivity contribution in [1.29, 1.82) is 5.26 Å². The first-order valence-electron chi connectivity index (χ1n) is 4.30. The van der Waals surface area contributed by atoms with E-state index in [4.69, 9.17) is 5.26 Å². The summed E-state index contributed by atoms with van der Waals surface area (Å²) in [7, 11) is 1.21. The van der Waals surface area contributed by atoms with E-state index >= 15 is 0 Å². The van der Waals surface area contributed by atoms with Crippen molar-refractivity contribution in [1.82, 2.24) is 0 Å². The van der Waals surface area contributed by atoms with Crippen LogP contribution in [0.1, 0.15) is 6.42 Å². The average molecular weight is 209 g/mol. The molecular formula is C10H11NO4. The lowest BCUT2D eigenvalue weighted by atomic mass is 9.97. The fourth-order valence-corrected chi connectivity index (χ4v) is 1.32. The number of nitrogens with zero attached hydrogens (tertiary/aromatic N) is 1. The molecule has 0 aromatic carbocycles. The van der Waals surface area contributed by atoms with Gasteiger partial charge in [-0.25, -0.2) is 4.79 Å². The molecule has 0 unspecified atom stereocenters. The molecule has 5 nitrogen and oxygen atoms in total. The number of esters is 1. The molecule has 1 aliphatic carbocycles. The van der Waals surface area contributed by atoms with E-state index in [9.17, 15) is 15.0 Å². The van der Waals surface area contributed by atoms with E-state index in [1.807, 2.05) is 6.07 Å². The molecule has 80 valence electrons. The topological polar surface area (TPSA) is 90.5 Å². The van der Waals surface area contributed by atoms with Gasteiger partial charge in [0.2, 0.25) is 0 Å². The lowest BCUT2D eigenvalue weighted by Gasteiger charge is -2.21. The summed E-state index contributed by atoms with van der Waals surface area (Å²) in [5.41, 5.74) is -1.29. The minimum atomic E-state index is -1.58. The fraction of sp³-hybridized carbons (Fsp3) is 0.400. The van der Waals surface area contributed by atoms with Crippen LogP contribution in [-0.4, -0.2) is 35.0 Å². The predicted molar refractivity (Wildman–Crippen MR) is 50.4 cm³/mol. The van der Waals surface area contributed by atoms with Gasteiger partial charge in [-0.3, -0.25) is 0 Å². The minimum Gasteiger partial charge on any atom is -0.466 e. The second kappa shape index (κ2) is 4.26. The number of carbonyl (C=O) groups excluding carboxylic acids is 1. The van der Waals surface area contributed by atoms with Crippen LogP contribution in [0.25, 0.3) is 0 Å². The van der Waals surface area contributed by atoms with Crippen molar-refractivity contribution in [3.05, 3.63) is 23.8 Å². The van der Waals surface area contributed by atoms with Crippen molar-refractivity contribution < 1.29 is 19.7 Å². The highest BCUT2D eigenvalue weighted by Crippen LogP contribution is 2.30. The number of hydrogen-bond acceptors (Lipinski definition) is 5. The molecule has 0 aromatic rings. The van der Waals surface area contributed by atoms with E-state index in [1.165, 1.54) is 13.2 Å². The van der Waals surface area contributed by atoms with E-state index in [1.54, 1.807) is 0 Å². The Balaban J connectivity index is 2.76. The summed E-state index contributed by atoms with van der Waals surface area (Å²) < 4.78 is 4.34. The maximum absolute atomic E-state index is 10.8. The van der Waals surface area contributed by atoms with E-state index in [2.05, 4.69) is 4.74 Å². The molecule has 2 N–H and O–H groups in total. The van der Waals surface area contributed by atoms with Gasteiger partial charge < -0.3 is 14.9 Å². The van der Waals surface area contributed by atoms with Crippen molar-refractivity contribution in [2.24, 2.45) is 0 Å². The number of hydrogen-bond donors (Lipinski definition) is 2. The Morgan fingerprint density at radius 2 is 2.53 bits per heavy atom. The third-order valence-electron chi connectivity index (χ3n) is 2.20. The summed E-state index contributed by atoms with van der Waals surface area (Å²) in [6, 6.07) is 1.84. The Morgan fingerprint density at radius 3 is 3.00 bits per heavy atom. The molecule has 0 saturated heterocycles. The number of rotatable bonds is 2. The molecule has 0 bridgehead atoms. The van der Waals surface area contributed by atoms with Gasteiger partial charge in [0.1, 0.15) is 11.7 Å². The zero-order chi connectivity index (χ0) is 11.5. The maximum Gasteiger partial charge on any atom is 0.330 e. The molecule has 5 heteroatoms. The first-order chi connectivity index (χ1) is 7.01. The molecule has 2 atom stereocenters. The van der Waals surface area contributed by atoms with Crippen LogP contribution in [0, 0.1) is 11.3 Å². The van der Waals surface area contributed by atoms with Gasteiger partial charge in [-0.2, -0.15) is 5.26 Å². The van der Waals surface area contributed by atoms with Gasteiger partial charge in [0.15, 0.2) is 0 Å². The summed E-state index contributed by atoms with van der Waals surface area (Å²) in [6.45, 7) is 0. The largest absolute Gasteiger partial charge is 0.466 e. The number of aliphatic hydroxyl groups excluding tert-OH is 1. The Kier molecular flexibility index (Phi) is 3.24. The Bertz CT molecular complexity index is 366. The molecule has 0 amide bonds. The van der Waals surface area contributed by atoms with Gasteiger partial charge in [-0.15, -0.1) is 0 Å². The molecule has 0 aromatic heterocycles. The summed E-state index contributed by atoms with van der Waals surface area (Å²) in [5, 5.41) is 27.9. The smallest absolute Gasteiger partial charge is 0.330 e. The van der Waals surface area contributed by atoms with Gasteiger partial charge >= 0.3 is 5.97 Å². The van der Waals surface area contributed by atoms with Crippen LogP contribution in [0.2, 0.25) is 0 Å². The normalized spacial score (nSPS) is 30.0. The summed E-state index contributed by atoms with van der Waals surface area (Å²) >= 11 is 0. The predicted octanol–water partition coefficient (Wildman–Crippen LogP) is -0.339. The third-order valence-corrected chi connectivity index (χ3v) is 2.20. The van der Waals surface area contributed by atoms with Gasteiger partial charge in [0.05, 0.1) is 13.2 Å². The van der Waals surface area contributed by atoms with Crippen molar-refractivity contribution in [2.45, 2.75) is 18.1 Å². The molecule has 0 radical (unpaired) electrons. The quantitative estimate of drug-likeness (QED) is 0.479. The van der Waals surface area contributed by atoms with Gasteiger partial charge in [-0.05, 0) is 12.2 Å².